The Morgan fingerprint density at radius 2 is 1.24 bits per heavy atom. The van der Waals surface area contributed by atoms with E-state index in [4.69, 9.17) is 0 Å². The van der Waals surface area contributed by atoms with Gasteiger partial charge in [0.25, 0.3) is 10.0 Å². The average Bonchev–Trinajstić information content (AvgIpc) is 2.54. The second-order valence-electron chi connectivity index (χ2n) is 5.99. The van der Waals surface area contributed by atoms with Gasteiger partial charge in [-0.2, -0.15) is 0 Å². The van der Waals surface area contributed by atoms with E-state index in [1.54, 1.807) is 43.3 Å². The molecule has 0 bridgehead atoms. The molecule has 0 fully saturated rings. The van der Waals surface area contributed by atoms with E-state index in [9.17, 15) is 16.8 Å². The summed E-state index contributed by atoms with van der Waals surface area (Å²) in [5.41, 5.74) is 2.45. The van der Waals surface area contributed by atoms with Crippen molar-refractivity contribution in [3.8, 4) is 0 Å². The van der Waals surface area contributed by atoms with Crippen molar-refractivity contribution in [2.45, 2.75) is 18.7 Å². The SMILES string of the molecule is Cc1ccc(C)c(S(=O)(=O)N(C)c2ccc(N(C)S(C)(=O)=O)cc2)c1. The molecule has 2 aromatic carbocycles. The molecule has 0 aliphatic carbocycles. The van der Waals surface area contributed by atoms with Crippen LogP contribution in [0.2, 0.25) is 0 Å². The Kier molecular flexibility index (Phi) is 5.15. The average molecular weight is 383 g/mol. The first-order chi connectivity index (χ1) is 11.4. The van der Waals surface area contributed by atoms with Crippen LogP contribution in [-0.4, -0.2) is 37.2 Å². The minimum absolute atomic E-state index is 0.257. The Balaban J connectivity index is 2.40. The highest BCUT2D eigenvalue weighted by Gasteiger charge is 2.23. The number of hydrogen-bond acceptors (Lipinski definition) is 4. The van der Waals surface area contributed by atoms with E-state index in [1.807, 2.05) is 13.0 Å². The van der Waals surface area contributed by atoms with E-state index >= 15 is 0 Å². The van der Waals surface area contributed by atoms with Crippen molar-refractivity contribution in [1.82, 2.24) is 0 Å². The second kappa shape index (κ2) is 6.68. The first kappa shape index (κ1) is 19.3. The van der Waals surface area contributed by atoms with Crippen LogP contribution in [-0.2, 0) is 20.0 Å². The molecular weight excluding hydrogens is 360 g/mol. The molecule has 0 atom stereocenters. The Morgan fingerprint density at radius 1 is 0.760 bits per heavy atom. The highest BCUT2D eigenvalue weighted by atomic mass is 32.2. The molecular formula is C17H22N2O4S2. The van der Waals surface area contributed by atoms with E-state index in [0.717, 1.165) is 16.1 Å². The zero-order chi connectivity index (χ0) is 19.0. The van der Waals surface area contributed by atoms with Crippen LogP contribution in [0.15, 0.2) is 47.4 Å². The van der Waals surface area contributed by atoms with Crippen molar-refractivity contribution >= 4 is 31.4 Å². The lowest BCUT2D eigenvalue weighted by Gasteiger charge is -2.22. The minimum Gasteiger partial charge on any atom is -0.274 e. The van der Waals surface area contributed by atoms with Crippen molar-refractivity contribution in [2.75, 3.05) is 29.0 Å². The van der Waals surface area contributed by atoms with Gasteiger partial charge in [-0.25, -0.2) is 16.8 Å². The van der Waals surface area contributed by atoms with Crippen molar-refractivity contribution in [2.24, 2.45) is 0 Å². The highest BCUT2D eigenvalue weighted by molar-refractivity contribution is 7.93. The van der Waals surface area contributed by atoms with Gasteiger partial charge in [-0.1, -0.05) is 12.1 Å². The van der Waals surface area contributed by atoms with E-state index in [1.165, 1.54) is 18.4 Å². The Bertz CT molecular complexity index is 982. The van der Waals surface area contributed by atoms with E-state index < -0.39 is 20.0 Å². The summed E-state index contributed by atoms with van der Waals surface area (Å²) in [4.78, 5) is 0.257. The summed E-state index contributed by atoms with van der Waals surface area (Å²) in [7, 11) is -4.15. The molecule has 6 nitrogen and oxygen atoms in total. The van der Waals surface area contributed by atoms with E-state index in [-0.39, 0.29) is 4.90 Å². The lowest BCUT2D eigenvalue weighted by atomic mass is 10.2. The third-order valence-electron chi connectivity index (χ3n) is 4.06. The van der Waals surface area contributed by atoms with Gasteiger partial charge in [-0.3, -0.25) is 8.61 Å². The summed E-state index contributed by atoms with van der Waals surface area (Å²) in [5, 5.41) is 0. The summed E-state index contributed by atoms with van der Waals surface area (Å²) >= 11 is 0. The lowest BCUT2D eigenvalue weighted by molar-refractivity contribution is 0.593. The van der Waals surface area contributed by atoms with Crippen LogP contribution in [0, 0.1) is 13.8 Å². The number of benzene rings is 2. The van der Waals surface area contributed by atoms with Gasteiger partial charge in [-0.05, 0) is 55.3 Å². The maximum Gasteiger partial charge on any atom is 0.264 e. The van der Waals surface area contributed by atoms with Gasteiger partial charge in [0, 0.05) is 14.1 Å². The molecule has 2 rings (SSSR count). The maximum absolute atomic E-state index is 12.9. The van der Waals surface area contributed by atoms with Gasteiger partial charge >= 0.3 is 0 Å². The van der Waals surface area contributed by atoms with Crippen molar-refractivity contribution in [1.29, 1.82) is 0 Å². The highest BCUT2D eigenvalue weighted by Crippen LogP contribution is 2.27. The summed E-state index contributed by atoms with van der Waals surface area (Å²) in [6.45, 7) is 3.60. The molecule has 2 aromatic rings. The third kappa shape index (κ3) is 3.96. The predicted octanol–water partition coefficient (Wildman–Crippen LogP) is 2.52. The second-order valence-corrected chi connectivity index (χ2v) is 9.94. The van der Waals surface area contributed by atoms with Gasteiger partial charge in [0.1, 0.15) is 0 Å². The Hall–Kier alpha value is -2.06. The summed E-state index contributed by atoms with van der Waals surface area (Å²) < 4.78 is 51.3. The Morgan fingerprint density at radius 3 is 1.72 bits per heavy atom. The fourth-order valence-electron chi connectivity index (χ4n) is 2.34. The maximum atomic E-state index is 12.9. The zero-order valence-corrected chi connectivity index (χ0v) is 16.5. The molecule has 0 N–H and O–H groups in total. The van der Waals surface area contributed by atoms with Gasteiger partial charge in [0.2, 0.25) is 10.0 Å². The fraction of sp³-hybridized carbons (Fsp3) is 0.294. The molecule has 0 saturated heterocycles. The molecule has 136 valence electrons. The largest absolute Gasteiger partial charge is 0.274 e. The number of aryl methyl sites for hydroxylation is 2. The molecule has 0 unspecified atom stereocenters. The standard InChI is InChI=1S/C17H22N2O4S2/c1-13-6-7-14(2)17(12-13)25(22,23)19(4)16-10-8-15(9-11-16)18(3)24(5,20)21/h6-12H,1-5H3. The van der Waals surface area contributed by atoms with Crippen LogP contribution < -0.4 is 8.61 Å². The number of rotatable bonds is 5. The molecule has 0 radical (unpaired) electrons. The van der Waals surface area contributed by atoms with Crippen molar-refractivity contribution in [3.05, 3.63) is 53.6 Å². The van der Waals surface area contributed by atoms with Crippen LogP contribution >= 0.6 is 0 Å². The van der Waals surface area contributed by atoms with Crippen molar-refractivity contribution in [3.63, 3.8) is 0 Å². The molecule has 0 aliphatic rings. The summed E-state index contributed by atoms with van der Waals surface area (Å²) in [5.74, 6) is 0. The quantitative estimate of drug-likeness (QED) is 0.796. The van der Waals surface area contributed by atoms with Crippen LogP contribution in [0.25, 0.3) is 0 Å². The van der Waals surface area contributed by atoms with Gasteiger partial charge in [0.15, 0.2) is 0 Å². The summed E-state index contributed by atoms with van der Waals surface area (Å²) in [6, 6.07) is 11.6. The Labute approximate surface area is 149 Å². The first-order valence-corrected chi connectivity index (χ1v) is 10.8. The third-order valence-corrected chi connectivity index (χ3v) is 7.19. The molecule has 0 spiro atoms. The van der Waals surface area contributed by atoms with Gasteiger partial charge < -0.3 is 0 Å². The predicted molar refractivity (Wildman–Crippen MR) is 101 cm³/mol. The lowest BCUT2D eigenvalue weighted by Crippen LogP contribution is -2.28. The number of sulfonamides is 2. The molecule has 0 amide bonds. The normalized spacial score (nSPS) is 12.0. The first-order valence-electron chi connectivity index (χ1n) is 7.55. The number of anilines is 2. The molecule has 0 aliphatic heterocycles. The van der Waals surface area contributed by atoms with E-state index in [2.05, 4.69) is 0 Å². The molecule has 0 heterocycles. The number of nitrogens with zero attached hydrogens (tertiary/aromatic N) is 2. The number of hydrogen-bond donors (Lipinski definition) is 0. The summed E-state index contributed by atoms with van der Waals surface area (Å²) in [6.07, 6.45) is 1.11. The van der Waals surface area contributed by atoms with Crippen molar-refractivity contribution < 1.29 is 16.8 Å². The smallest absolute Gasteiger partial charge is 0.264 e. The molecule has 8 heteroatoms. The van der Waals surface area contributed by atoms with Gasteiger partial charge in [0.05, 0.1) is 22.5 Å². The fourth-order valence-corrected chi connectivity index (χ4v) is 4.34. The molecule has 0 aromatic heterocycles. The molecule has 25 heavy (non-hydrogen) atoms. The van der Waals surface area contributed by atoms with Crippen LogP contribution in [0.5, 0.6) is 0 Å². The van der Waals surface area contributed by atoms with Gasteiger partial charge in [-0.15, -0.1) is 0 Å². The molecule has 0 saturated carbocycles. The minimum atomic E-state index is -3.71. The van der Waals surface area contributed by atoms with Crippen LogP contribution in [0.1, 0.15) is 11.1 Å². The topological polar surface area (TPSA) is 74.8 Å². The van der Waals surface area contributed by atoms with E-state index in [0.29, 0.717) is 16.9 Å². The monoisotopic (exact) mass is 382 g/mol. The van der Waals surface area contributed by atoms with Crippen LogP contribution in [0.3, 0.4) is 0 Å². The zero-order valence-electron chi connectivity index (χ0n) is 14.9. The van der Waals surface area contributed by atoms with Crippen LogP contribution in [0.4, 0.5) is 11.4 Å².